The van der Waals surface area contributed by atoms with Gasteiger partial charge >= 0.3 is 5.97 Å². The van der Waals surface area contributed by atoms with Crippen LogP contribution in [0.25, 0.3) is 0 Å². The monoisotopic (exact) mass is 293 g/mol. The van der Waals surface area contributed by atoms with Crippen LogP contribution in [0.4, 0.5) is 5.69 Å². The van der Waals surface area contributed by atoms with Gasteiger partial charge in [-0.3, -0.25) is 0 Å². The second kappa shape index (κ2) is 7.02. The van der Waals surface area contributed by atoms with Crippen molar-refractivity contribution in [2.24, 2.45) is 5.92 Å². The van der Waals surface area contributed by atoms with E-state index in [-0.39, 0.29) is 0 Å². The summed E-state index contributed by atoms with van der Waals surface area (Å²) < 4.78 is 0. The molecule has 4 heteroatoms. The Morgan fingerprint density at radius 1 is 1.35 bits per heavy atom. The zero-order valence-corrected chi connectivity index (χ0v) is 13.1. The first-order chi connectivity index (χ1) is 9.63. The molecule has 0 aromatic heterocycles. The second-order valence-electron chi connectivity index (χ2n) is 5.54. The van der Waals surface area contributed by atoms with Gasteiger partial charge in [0.1, 0.15) is 0 Å². The Balaban J connectivity index is 2.19. The number of carbonyl (C=O) groups is 1. The molecule has 0 heterocycles. The van der Waals surface area contributed by atoms with E-state index in [0.29, 0.717) is 11.5 Å². The number of carboxylic acid groups (broad SMARTS) is 1. The first kappa shape index (κ1) is 15.2. The molecule has 0 radical (unpaired) electrons. The molecule has 1 saturated carbocycles. The Hall–Kier alpha value is -1.16. The molecule has 110 valence electrons. The molecular formula is C16H23NO2S. The molecule has 1 aromatic rings. The molecule has 20 heavy (non-hydrogen) atoms. The number of nitrogens with zero attached hydrogens (tertiary/aromatic N) is 1. The minimum atomic E-state index is -0.833. The number of benzene rings is 1. The van der Waals surface area contributed by atoms with Crippen LogP contribution in [-0.2, 0) is 0 Å². The summed E-state index contributed by atoms with van der Waals surface area (Å²) in [5, 5.41) is 9.49. The van der Waals surface area contributed by atoms with Crippen LogP contribution in [0, 0.1) is 5.92 Å². The van der Waals surface area contributed by atoms with E-state index in [9.17, 15) is 9.90 Å². The van der Waals surface area contributed by atoms with Crippen molar-refractivity contribution in [1.82, 2.24) is 0 Å². The first-order valence-corrected chi connectivity index (χ1v) is 8.47. The smallest absolute Gasteiger partial charge is 0.338 e. The van der Waals surface area contributed by atoms with Gasteiger partial charge in [0.25, 0.3) is 0 Å². The molecule has 0 amide bonds. The van der Waals surface area contributed by atoms with Gasteiger partial charge in [-0.2, -0.15) is 0 Å². The molecule has 0 atom stereocenters. The highest BCUT2D eigenvalue weighted by Crippen LogP contribution is 2.31. The average molecular weight is 293 g/mol. The predicted molar refractivity (Wildman–Crippen MR) is 85.0 cm³/mol. The summed E-state index contributed by atoms with van der Waals surface area (Å²) in [6.45, 7) is 0.956. The third kappa shape index (κ3) is 3.48. The maximum Gasteiger partial charge on any atom is 0.338 e. The molecule has 1 N–H and O–H groups in total. The molecule has 2 rings (SSSR count). The van der Waals surface area contributed by atoms with Crippen LogP contribution in [0.1, 0.15) is 42.5 Å². The summed E-state index contributed by atoms with van der Waals surface area (Å²) in [7, 11) is 2.01. The molecule has 0 spiro atoms. The number of hydrogen-bond acceptors (Lipinski definition) is 3. The molecule has 3 nitrogen and oxygen atoms in total. The number of hydrogen-bond donors (Lipinski definition) is 1. The lowest BCUT2D eigenvalue weighted by atomic mass is 9.89. The van der Waals surface area contributed by atoms with Gasteiger partial charge < -0.3 is 10.0 Å². The SMILES string of the molecule is CSc1cccc(N(C)CC2CCCCC2)c1C(=O)O. The Kier molecular flexibility index (Phi) is 5.35. The standard InChI is InChI=1S/C16H23NO2S/c1-17(11-12-7-4-3-5-8-12)13-9-6-10-14(20-2)15(13)16(18)19/h6,9-10,12H,3-5,7-8,11H2,1-2H3,(H,18,19). The summed E-state index contributed by atoms with van der Waals surface area (Å²) in [5.41, 5.74) is 1.29. The Morgan fingerprint density at radius 2 is 2.05 bits per heavy atom. The van der Waals surface area contributed by atoms with E-state index in [0.717, 1.165) is 17.1 Å². The third-order valence-electron chi connectivity index (χ3n) is 4.11. The molecule has 1 aliphatic carbocycles. The van der Waals surface area contributed by atoms with E-state index in [4.69, 9.17) is 0 Å². The highest BCUT2D eigenvalue weighted by molar-refractivity contribution is 7.98. The van der Waals surface area contributed by atoms with Crippen molar-refractivity contribution in [2.75, 3.05) is 24.7 Å². The van der Waals surface area contributed by atoms with Crippen LogP contribution in [0.3, 0.4) is 0 Å². The summed E-state index contributed by atoms with van der Waals surface area (Å²) in [5.74, 6) is -0.131. The normalized spacial score (nSPS) is 16.1. The van der Waals surface area contributed by atoms with Gasteiger partial charge in [0, 0.05) is 18.5 Å². The van der Waals surface area contributed by atoms with E-state index >= 15 is 0 Å². The molecule has 0 saturated heterocycles. The number of carboxylic acids is 1. The van der Waals surface area contributed by atoms with Crippen molar-refractivity contribution in [3.63, 3.8) is 0 Å². The zero-order chi connectivity index (χ0) is 14.5. The molecule has 1 fully saturated rings. The number of anilines is 1. The molecule has 1 aliphatic rings. The van der Waals surface area contributed by atoms with Gasteiger partial charge in [-0.25, -0.2) is 4.79 Å². The van der Waals surface area contributed by atoms with Crippen molar-refractivity contribution in [2.45, 2.75) is 37.0 Å². The van der Waals surface area contributed by atoms with Gasteiger partial charge in [-0.05, 0) is 37.1 Å². The van der Waals surface area contributed by atoms with Crippen molar-refractivity contribution in [1.29, 1.82) is 0 Å². The number of thioether (sulfide) groups is 1. The molecule has 0 unspecified atom stereocenters. The van der Waals surface area contributed by atoms with Crippen molar-refractivity contribution in [3.8, 4) is 0 Å². The average Bonchev–Trinajstić information content (AvgIpc) is 2.47. The van der Waals surface area contributed by atoms with E-state index in [1.165, 1.54) is 43.9 Å². The van der Waals surface area contributed by atoms with Gasteiger partial charge in [-0.15, -0.1) is 11.8 Å². The topological polar surface area (TPSA) is 40.5 Å². The van der Waals surface area contributed by atoms with E-state index in [1.807, 2.05) is 31.5 Å². The summed E-state index contributed by atoms with van der Waals surface area (Å²) in [6, 6.07) is 5.75. The zero-order valence-electron chi connectivity index (χ0n) is 12.3. The van der Waals surface area contributed by atoms with Gasteiger partial charge in [0.05, 0.1) is 11.3 Å². The van der Waals surface area contributed by atoms with Crippen LogP contribution < -0.4 is 4.90 Å². The molecule has 1 aromatic carbocycles. The number of rotatable bonds is 5. The van der Waals surface area contributed by atoms with E-state index in [1.54, 1.807) is 0 Å². The number of aromatic carboxylic acids is 1. The van der Waals surface area contributed by atoms with Crippen LogP contribution in [0.15, 0.2) is 23.1 Å². The second-order valence-corrected chi connectivity index (χ2v) is 6.39. The van der Waals surface area contributed by atoms with Crippen LogP contribution in [-0.4, -0.2) is 30.9 Å². The maximum absolute atomic E-state index is 11.6. The van der Waals surface area contributed by atoms with E-state index < -0.39 is 5.97 Å². The molecular weight excluding hydrogens is 270 g/mol. The lowest BCUT2D eigenvalue weighted by Crippen LogP contribution is -2.28. The largest absolute Gasteiger partial charge is 0.478 e. The minimum Gasteiger partial charge on any atom is -0.478 e. The lowest BCUT2D eigenvalue weighted by Gasteiger charge is -2.29. The Bertz CT molecular complexity index is 470. The Morgan fingerprint density at radius 3 is 2.65 bits per heavy atom. The highest BCUT2D eigenvalue weighted by Gasteiger charge is 2.21. The van der Waals surface area contributed by atoms with Crippen LogP contribution in [0.2, 0.25) is 0 Å². The molecule has 0 bridgehead atoms. The fourth-order valence-corrected chi connectivity index (χ4v) is 3.69. The lowest BCUT2D eigenvalue weighted by molar-refractivity contribution is 0.0694. The van der Waals surface area contributed by atoms with Crippen molar-refractivity contribution < 1.29 is 9.90 Å². The van der Waals surface area contributed by atoms with Crippen molar-refractivity contribution >= 4 is 23.4 Å². The molecule has 0 aliphatic heterocycles. The van der Waals surface area contributed by atoms with E-state index in [2.05, 4.69) is 4.90 Å². The van der Waals surface area contributed by atoms with Crippen LogP contribution >= 0.6 is 11.8 Å². The summed E-state index contributed by atoms with van der Waals surface area (Å²) in [6.07, 6.45) is 8.45. The Labute approximate surface area is 125 Å². The fraction of sp³-hybridized carbons (Fsp3) is 0.562. The minimum absolute atomic E-state index is 0.443. The first-order valence-electron chi connectivity index (χ1n) is 7.25. The predicted octanol–water partition coefficient (Wildman–Crippen LogP) is 4.12. The van der Waals surface area contributed by atoms with Crippen molar-refractivity contribution in [3.05, 3.63) is 23.8 Å². The van der Waals surface area contributed by atoms with Gasteiger partial charge in [0.2, 0.25) is 0 Å². The maximum atomic E-state index is 11.6. The van der Waals surface area contributed by atoms with Crippen LogP contribution in [0.5, 0.6) is 0 Å². The third-order valence-corrected chi connectivity index (χ3v) is 4.89. The van der Waals surface area contributed by atoms with Gasteiger partial charge in [-0.1, -0.05) is 25.3 Å². The summed E-state index contributed by atoms with van der Waals surface area (Å²) in [4.78, 5) is 14.5. The highest BCUT2D eigenvalue weighted by atomic mass is 32.2. The quantitative estimate of drug-likeness (QED) is 0.829. The summed E-state index contributed by atoms with van der Waals surface area (Å²) >= 11 is 1.49. The fourth-order valence-electron chi connectivity index (χ4n) is 3.08. The van der Waals surface area contributed by atoms with Gasteiger partial charge in [0.15, 0.2) is 0 Å².